The van der Waals surface area contributed by atoms with E-state index in [0.717, 1.165) is 11.8 Å². The van der Waals surface area contributed by atoms with Gasteiger partial charge in [0.25, 0.3) is 0 Å². The quantitative estimate of drug-likeness (QED) is 0.327. The Morgan fingerprint density at radius 2 is 2.05 bits per heavy atom. The van der Waals surface area contributed by atoms with Crippen molar-refractivity contribution in [3.8, 4) is 0 Å². The van der Waals surface area contributed by atoms with Crippen molar-refractivity contribution >= 4 is 12.3 Å². The number of carbonyl (C=O) groups excluding carboxylic acids is 2. The number of ether oxygens (including phenoxy) is 1. The van der Waals surface area contributed by atoms with Crippen LogP contribution in [-0.2, 0) is 20.7 Å². The number of hydrogen-bond donors (Lipinski definition) is 0. The molecular weight excluding hydrogens is 240 g/mol. The van der Waals surface area contributed by atoms with E-state index in [1.54, 1.807) is 12.2 Å². The molecule has 1 aromatic rings. The van der Waals surface area contributed by atoms with Crippen molar-refractivity contribution in [1.82, 2.24) is 0 Å². The van der Waals surface area contributed by atoms with Gasteiger partial charge in [0.1, 0.15) is 6.29 Å². The number of methoxy groups -OCH3 is 1. The number of esters is 1. The summed E-state index contributed by atoms with van der Waals surface area (Å²) in [5.74, 6) is -0.807. The molecule has 0 amide bonds. The molecule has 0 radical (unpaired) electrons. The van der Waals surface area contributed by atoms with Crippen LogP contribution >= 0.6 is 0 Å². The van der Waals surface area contributed by atoms with Gasteiger partial charge in [-0.2, -0.15) is 0 Å². The molecular formula is C16H18O3. The van der Waals surface area contributed by atoms with Crippen LogP contribution in [0.15, 0.2) is 54.6 Å². The second-order valence-electron chi connectivity index (χ2n) is 4.18. The van der Waals surface area contributed by atoms with E-state index in [0.29, 0.717) is 18.4 Å². The monoisotopic (exact) mass is 258 g/mol. The summed E-state index contributed by atoms with van der Waals surface area (Å²) in [5.41, 5.74) is 1.60. The molecule has 0 fully saturated rings. The average Bonchev–Trinajstić information content (AvgIpc) is 2.46. The Kier molecular flexibility index (Phi) is 6.30. The maximum Gasteiger partial charge on any atom is 0.312 e. The fourth-order valence-corrected chi connectivity index (χ4v) is 1.79. The van der Waals surface area contributed by atoms with Gasteiger partial charge < -0.3 is 4.74 Å². The van der Waals surface area contributed by atoms with Crippen LogP contribution in [0.1, 0.15) is 12.0 Å². The van der Waals surface area contributed by atoms with Crippen LogP contribution in [0.3, 0.4) is 0 Å². The van der Waals surface area contributed by atoms with Gasteiger partial charge in [0, 0.05) is 6.42 Å². The van der Waals surface area contributed by atoms with E-state index < -0.39 is 5.92 Å². The van der Waals surface area contributed by atoms with Gasteiger partial charge in [-0.15, -0.1) is 6.58 Å². The van der Waals surface area contributed by atoms with Gasteiger partial charge in [-0.05, 0) is 17.6 Å². The molecule has 19 heavy (non-hydrogen) atoms. The Bertz CT molecular complexity index is 460. The molecule has 0 aromatic heterocycles. The van der Waals surface area contributed by atoms with Crippen LogP contribution in [0.25, 0.3) is 0 Å². The third-order valence-corrected chi connectivity index (χ3v) is 2.74. The van der Waals surface area contributed by atoms with E-state index in [4.69, 9.17) is 4.74 Å². The summed E-state index contributed by atoms with van der Waals surface area (Å²) in [6.45, 7) is 3.61. The van der Waals surface area contributed by atoms with Crippen LogP contribution in [0.2, 0.25) is 0 Å². The first-order valence-electron chi connectivity index (χ1n) is 6.09. The molecule has 100 valence electrons. The van der Waals surface area contributed by atoms with E-state index in [9.17, 15) is 9.59 Å². The lowest BCUT2D eigenvalue weighted by Gasteiger charge is -2.09. The molecule has 0 aliphatic rings. The van der Waals surface area contributed by atoms with Crippen LogP contribution in [-0.4, -0.2) is 19.4 Å². The minimum absolute atomic E-state index is 0.354. The van der Waals surface area contributed by atoms with Crippen LogP contribution < -0.4 is 0 Å². The van der Waals surface area contributed by atoms with Gasteiger partial charge in [-0.25, -0.2) is 0 Å². The number of carbonyl (C=O) groups is 2. The molecule has 0 unspecified atom stereocenters. The van der Waals surface area contributed by atoms with Gasteiger partial charge in [-0.3, -0.25) is 9.59 Å². The second kappa shape index (κ2) is 8.03. The third kappa shape index (κ3) is 4.92. The van der Waals surface area contributed by atoms with Gasteiger partial charge in [0.05, 0.1) is 13.0 Å². The van der Waals surface area contributed by atoms with E-state index in [2.05, 4.69) is 6.58 Å². The maximum atomic E-state index is 11.6. The molecule has 0 spiro atoms. The number of hydrogen-bond acceptors (Lipinski definition) is 3. The smallest absolute Gasteiger partial charge is 0.312 e. The standard InChI is InChI=1S/C16H18O3/c1-3-7-15(16(18)19-2)11-14(12-17)10-13-8-5-4-6-9-13/h3-6,8-9,11-12,15H,1,7,10H2,2H3/b14-11-/t15-/m1/s1. The highest BCUT2D eigenvalue weighted by Gasteiger charge is 2.15. The lowest BCUT2D eigenvalue weighted by molar-refractivity contribution is -0.143. The molecule has 0 N–H and O–H groups in total. The van der Waals surface area contributed by atoms with Crippen molar-refractivity contribution in [2.75, 3.05) is 7.11 Å². The Morgan fingerprint density at radius 1 is 1.37 bits per heavy atom. The maximum absolute atomic E-state index is 11.6. The van der Waals surface area contributed by atoms with E-state index in [1.165, 1.54) is 7.11 Å². The summed E-state index contributed by atoms with van der Waals surface area (Å²) in [7, 11) is 1.34. The van der Waals surface area contributed by atoms with Gasteiger partial charge in [0.2, 0.25) is 0 Å². The number of rotatable bonds is 7. The summed E-state index contributed by atoms with van der Waals surface area (Å²) in [5, 5.41) is 0. The summed E-state index contributed by atoms with van der Waals surface area (Å²) in [6, 6.07) is 9.64. The molecule has 1 aromatic carbocycles. The van der Waals surface area contributed by atoms with Crippen molar-refractivity contribution in [3.63, 3.8) is 0 Å². The molecule has 0 aliphatic heterocycles. The second-order valence-corrected chi connectivity index (χ2v) is 4.18. The summed E-state index contributed by atoms with van der Waals surface area (Å²) < 4.78 is 4.71. The highest BCUT2D eigenvalue weighted by Crippen LogP contribution is 2.14. The minimum Gasteiger partial charge on any atom is -0.469 e. The SMILES string of the molecule is C=CC[C@H](/C=C(\C=O)Cc1ccccc1)C(=O)OC. The molecule has 0 bridgehead atoms. The summed E-state index contributed by atoms with van der Waals surface area (Å²) in [4.78, 5) is 22.7. The third-order valence-electron chi connectivity index (χ3n) is 2.74. The lowest BCUT2D eigenvalue weighted by atomic mass is 9.98. The lowest BCUT2D eigenvalue weighted by Crippen LogP contribution is -2.14. The highest BCUT2D eigenvalue weighted by molar-refractivity contribution is 5.79. The molecule has 3 heteroatoms. The minimum atomic E-state index is -0.452. The van der Waals surface area contributed by atoms with Gasteiger partial charge in [0.15, 0.2) is 0 Å². The first-order chi connectivity index (χ1) is 9.21. The normalized spacial score (nSPS) is 12.6. The van der Waals surface area contributed by atoms with E-state index in [1.807, 2.05) is 30.3 Å². The Hall–Kier alpha value is -2.16. The van der Waals surface area contributed by atoms with Gasteiger partial charge in [-0.1, -0.05) is 42.5 Å². The number of benzene rings is 1. The van der Waals surface area contributed by atoms with Crippen molar-refractivity contribution < 1.29 is 14.3 Å². The Balaban J connectivity index is 2.86. The Morgan fingerprint density at radius 3 is 2.58 bits per heavy atom. The molecule has 1 rings (SSSR count). The van der Waals surface area contributed by atoms with Crippen molar-refractivity contribution in [1.29, 1.82) is 0 Å². The molecule has 0 heterocycles. The van der Waals surface area contributed by atoms with Crippen LogP contribution in [0, 0.1) is 5.92 Å². The number of allylic oxidation sites excluding steroid dienone is 2. The predicted octanol–water partition coefficient (Wildman–Crippen LogP) is 2.72. The van der Waals surface area contributed by atoms with Crippen molar-refractivity contribution in [3.05, 3.63) is 60.2 Å². The summed E-state index contributed by atoms with van der Waals surface area (Å²) in [6.07, 6.45) is 5.05. The molecule has 0 saturated heterocycles. The average molecular weight is 258 g/mol. The molecule has 3 nitrogen and oxygen atoms in total. The van der Waals surface area contributed by atoms with Crippen LogP contribution in [0.4, 0.5) is 0 Å². The fraction of sp³-hybridized carbons (Fsp3) is 0.250. The van der Waals surface area contributed by atoms with Crippen molar-refractivity contribution in [2.24, 2.45) is 5.92 Å². The zero-order valence-electron chi connectivity index (χ0n) is 11.0. The van der Waals surface area contributed by atoms with E-state index in [-0.39, 0.29) is 5.97 Å². The summed E-state index contributed by atoms with van der Waals surface area (Å²) >= 11 is 0. The zero-order valence-corrected chi connectivity index (χ0v) is 11.0. The van der Waals surface area contributed by atoms with Gasteiger partial charge >= 0.3 is 5.97 Å². The Labute approximate surface area is 113 Å². The first-order valence-corrected chi connectivity index (χ1v) is 6.09. The topological polar surface area (TPSA) is 43.4 Å². The number of aldehydes is 1. The largest absolute Gasteiger partial charge is 0.469 e. The molecule has 0 aliphatic carbocycles. The highest BCUT2D eigenvalue weighted by atomic mass is 16.5. The van der Waals surface area contributed by atoms with Crippen LogP contribution in [0.5, 0.6) is 0 Å². The zero-order chi connectivity index (χ0) is 14.1. The van der Waals surface area contributed by atoms with Crippen molar-refractivity contribution in [2.45, 2.75) is 12.8 Å². The van der Waals surface area contributed by atoms with E-state index >= 15 is 0 Å². The first kappa shape index (κ1) is 14.9. The molecule has 0 saturated carbocycles. The fourth-order valence-electron chi connectivity index (χ4n) is 1.79. The predicted molar refractivity (Wildman–Crippen MR) is 74.6 cm³/mol. The molecule has 1 atom stereocenters.